The van der Waals surface area contributed by atoms with Crippen molar-refractivity contribution in [3.63, 3.8) is 0 Å². The monoisotopic (exact) mass is 440 g/mol. The minimum Gasteiger partial charge on any atom is -0.483 e. The van der Waals surface area contributed by atoms with Crippen LogP contribution in [0.25, 0.3) is 5.69 Å². The van der Waals surface area contributed by atoms with Crippen LogP contribution in [0.2, 0.25) is 0 Å². The normalized spacial score (nSPS) is 11.5. The SMILES string of the molecule is CC(Oc1ccccc1)c1nnc(SCC(=O)c2ccc(C#N)cc2)n1-c1ccccc1. The number of aromatic nitrogens is 3. The van der Waals surface area contributed by atoms with Gasteiger partial charge in [0.25, 0.3) is 0 Å². The topological polar surface area (TPSA) is 80.8 Å². The predicted molar refractivity (Wildman–Crippen MR) is 123 cm³/mol. The Balaban J connectivity index is 1.57. The van der Waals surface area contributed by atoms with Crippen molar-refractivity contribution < 1.29 is 9.53 Å². The number of ether oxygens (including phenoxy) is 1. The van der Waals surface area contributed by atoms with Gasteiger partial charge in [-0.05, 0) is 43.3 Å². The van der Waals surface area contributed by atoms with E-state index in [4.69, 9.17) is 10.00 Å². The number of nitrogens with zero attached hydrogens (tertiary/aromatic N) is 4. The lowest BCUT2D eigenvalue weighted by Gasteiger charge is -2.16. The summed E-state index contributed by atoms with van der Waals surface area (Å²) in [5.74, 6) is 1.54. The maximum atomic E-state index is 12.7. The Morgan fingerprint density at radius 2 is 1.66 bits per heavy atom. The zero-order valence-electron chi connectivity index (χ0n) is 17.4. The molecule has 1 unspecified atom stereocenters. The van der Waals surface area contributed by atoms with Gasteiger partial charge in [0.05, 0.1) is 17.4 Å². The molecule has 0 aliphatic rings. The van der Waals surface area contributed by atoms with Crippen LogP contribution in [0.15, 0.2) is 90.1 Å². The summed E-state index contributed by atoms with van der Waals surface area (Å²) in [6, 6.07) is 28.0. The maximum absolute atomic E-state index is 12.7. The van der Waals surface area contributed by atoms with Crippen LogP contribution in [-0.4, -0.2) is 26.3 Å². The fourth-order valence-corrected chi connectivity index (χ4v) is 4.01. The molecular weight excluding hydrogens is 420 g/mol. The molecule has 6 nitrogen and oxygen atoms in total. The van der Waals surface area contributed by atoms with Crippen molar-refractivity contribution in [2.75, 3.05) is 5.75 Å². The molecule has 4 aromatic rings. The van der Waals surface area contributed by atoms with Gasteiger partial charge in [-0.1, -0.05) is 60.3 Å². The van der Waals surface area contributed by atoms with E-state index in [-0.39, 0.29) is 17.6 Å². The molecular formula is C25H20N4O2S. The standard InChI is InChI=1S/C25H20N4O2S/c1-18(31-22-10-6-3-7-11-22)24-27-28-25(29(24)21-8-4-2-5-9-21)32-17-23(30)20-14-12-19(16-26)13-15-20/h2-15,18H,17H2,1H3. The first kappa shape index (κ1) is 21.3. The van der Waals surface area contributed by atoms with Crippen molar-refractivity contribution in [1.29, 1.82) is 5.26 Å². The van der Waals surface area contributed by atoms with Crippen LogP contribution < -0.4 is 4.74 Å². The zero-order valence-corrected chi connectivity index (χ0v) is 18.2. The molecule has 3 aromatic carbocycles. The summed E-state index contributed by atoms with van der Waals surface area (Å²) >= 11 is 1.32. The van der Waals surface area contributed by atoms with Crippen molar-refractivity contribution in [2.24, 2.45) is 0 Å². The second kappa shape index (κ2) is 9.94. The first-order chi connectivity index (χ1) is 15.7. The molecule has 0 aliphatic heterocycles. The predicted octanol–water partition coefficient (Wildman–Crippen LogP) is 5.25. The first-order valence-electron chi connectivity index (χ1n) is 10.0. The van der Waals surface area contributed by atoms with E-state index in [0.717, 1.165) is 11.4 Å². The van der Waals surface area contributed by atoms with Crippen LogP contribution >= 0.6 is 11.8 Å². The maximum Gasteiger partial charge on any atom is 0.196 e. The van der Waals surface area contributed by atoms with E-state index < -0.39 is 0 Å². The summed E-state index contributed by atoms with van der Waals surface area (Å²) < 4.78 is 7.99. The van der Waals surface area contributed by atoms with Gasteiger partial charge >= 0.3 is 0 Å². The van der Waals surface area contributed by atoms with Crippen LogP contribution in [-0.2, 0) is 0 Å². The van der Waals surface area contributed by atoms with E-state index in [1.807, 2.05) is 72.2 Å². The molecule has 1 aromatic heterocycles. The summed E-state index contributed by atoms with van der Waals surface area (Å²) in [4.78, 5) is 12.7. The number of carbonyl (C=O) groups excluding carboxylic acids is 1. The Morgan fingerprint density at radius 3 is 2.31 bits per heavy atom. The van der Waals surface area contributed by atoms with Gasteiger partial charge in [-0.2, -0.15) is 5.26 Å². The average Bonchev–Trinajstić information content (AvgIpc) is 3.28. The van der Waals surface area contributed by atoms with Crippen LogP contribution in [0.3, 0.4) is 0 Å². The quantitative estimate of drug-likeness (QED) is 0.275. The largest absolute Gasteiger partial charge is 0.483 e. The summed E-state index contributed by atoms with van der Waals surface area (Å²) in [7, 11) is 0. The Labute approximate surface area is 190 Å². The molecule has 0 saturated carbocycles. The Kier molecular flexibility index (Phi) is 6.63. The lowest BCUT2D eigenvalue weighted by Crippen LogP contribution is -2.12. The number of ketones is 1. The molecule has 0 radical (unpaired) electrons. The Hall–Kier alpha value is -3.89. The number of thioether (sulfide) groups is 1. The van der Waals surface area contributed by atoms with E-state index >= 15 is 0 Å². The smallest absolute Gasteiger partial charge is 0.196 e. The fraction of sp³-hybridized carbons (Fsp3) is 0.120. The van der Waals surface area contributed by atoms with Gasteiger partial charge in [0.2, 0.25) is 0 Å². The zero-order chi connectivity index (χ0) is 22.3. The minimum absolute atomic E-state index is 0.0442. The van der Waals surface area contributed by atoms with E-state index in [9.17, 15) is 4.79 Å². The van der Waals surface area contributed by atoms with Crippen molar-refractivity contribution in [2.45, 2.75) is 18.2 Å². The van der Waals surface area contributed by atoms with Crippen LogP contribution in [0.4, 0.5) is 0 Å². The third-order valence-corrected chi connectivity index (χ3v) is 5.69. The van der Waals surface area contributed by atoms with Crippen LogP contribution in [0.1, 0.15) is 34.8 Å². The summed E-state index contributed by atoms with van der Waals surface area (Å²) in [6.45, 7) is 1.92. The molecule has 158 valence electrons. The molecule has 1 heterocycles. The third kappa shape index (κ3) is 4.88. The third-order valence-electron chi connectivity index (χ3n) is 4.76. The molecule has 0 aliphatic carbocycles. The molecule has 1 atom stereocenters. The number of rotatable bonds is 8. The van der Waals surface area contributed by atoms with Gasteiger partial charge in [0, 0.05) is 11.3 Å². The summed E-state index contributed by atoms with van der Waals surface area (Å²) in [5, 5.41) is 18.3. The molecule has 7 heteroatoms. The highest BCUT2D eigenvalue weighted by Crippen LogP contribution is 2.28. The lowest BCUT2D eigenvalue weighted by atomic mass is 10.1. The lowest BCUT2D eigenvalue weighted by molar-refractivity contribution is 0.102. The number of para-hydroxylation sites is 2. The van der Waals surface area contributed by atoms with Crippen LogP contribution in [0.5, 0.6) is 5.75 Å². The van der Waals surface area contributed by atoms with E-state index in [0.29, 0.717) is 22.1 Å². The second-order valence-corrected chi connectivity index (χ2v) is 7.93. The summed E-state index contributed by atoms with van der Waals surface area (Å²) in [5.41, 5.74) is 1.97. The second-order valence-electron chi connectivity index (χ2n) is 6.99. The van der Waals surface area contributed by atoms with E-state index in [2.05, 4.69) is 16.3 Å². The molecule has 0 fully saturated rings. The van der Waals surface area contributed by atoms with Crippen molar-refractivity contribution in [1.82, 2.24) is 14.8 Å². The molecule has 0 saturated heterocycles. The van der Waals surface area contributed by atoms with Gasteiger partial charge in [-0.15, -0.1) is 10.2 Å². The number of benzene rings is 3. The summed E-state index contributed by atoms with van der Waals surface area (Å²) in [6.07, 6.45) is -0.353. The highest BCUT2D eigenvalue weighted by molar-refractivity contribution is 7.99. The van der Waals surface area contributed by atoms with Crippen LogP contribution in [0, 0.1) is 11.3 Å². The van der Waals surface area contributed by atoms with Crippen molar-refractivity contribution in [3.8, 4) is 17.5 Å². The number of nitriles is 1. The highest BCUT2D eigenvalue weighted by Gasteiger charge is 2.21. The van der Waals surface area contributed by atoms with Gasteiger partial charge in [-0.25, -0.2) is 0 Å². The number of carbonyl (C=O) groups is 1. The number of hydrogen-bond donors (Lipinski definition) is 0. The first-order valence-corrected chi connectivity index (χ1v) is 11.0. The van der Waals surface area contributed by atoms with Crippen molar-refractivity contribution >= 4 is 17.5 Å². The average molecular weight is 441 g/mol. The van der Waals surface area contributed by atoms with Gasteiger partial charge < -0.3 is 4.74 Å². The van der Waals surface area contributed by atoms with Gasteiger partial charge in [-0.3, -0.25) is 9.36 Å². The van der Waals surface area contributed by atoms with Crippen molar-refractivity contribution in [3.05, 3.63) is 102 Å². The molecule has 0 N–H and O–H groups in total. The van der Waals surface area contributed by atoms with Gasteiger partial charge in [0.15, 0.2) is 22.9 Å². The Bertz CT molecular complexity index is 1230. The molecule has 0 amide bonds. The van der Waals surface area contributed by atoms with Gasteiger partial charge in [0.1, 0.15) is 5.75 Å². The molecule has 0 spiro atoms. The number of Topliss-reactive ketones (excluding diaryl/α,β-unsaturated/α-hetero) is 1. The molecule has 0 bridgehead atoms. The minimum atomic E-state index is -0.353. The molecule has 32 heavy (non-hydrogen) atoms. The number of hydrogen-bond acceptors (Lipinski definition) is 6. The highest BCUT2D eigenvalue weighted by atomic mass is 32.2. The fourth-order valence-electron chi connectivity index (χ4n) is 3.16. The van der Waals surface area contributed by atoms with E-state index in [1.54, 1.807) is 24.3 Å². The molecule has 4 rings (SSSR count). The Morgan fingerprint density at radius 1 is 1.00 bits per heavy atom. The van der Waals surface area contributed by atoms with E-state index in [1.165, 1.54) is 11.8 Å².